The summed E-state index contributed by atoms with van der Waals surface area (Å²) in [5, 5.41) is 13.2. The first-order valence-corrected chi connectivity index (χ1v) is 5.41. The van der Waals surface area contributed by atoms with Crippen LogP contribution in [-0.4, -0.2) is 30.1 Å². The predicted octanol–water partition coefficient (Wildman–Crippen LogP) is -0.294. The minimum Gasteiger partial charge on any atom is -0.448 e. The highest BCUT2D eigenvalue weighted by atomic mass is 16.6. The fourth-order valence-corrected chi connectivity index (χ4v) is 1.36. The lowest BCUT2D eigenvalue weighted by molar-refractivity contribution is -0.384. The number of hydrazine groups is 1. The Hall–Kier alpha value is -2.88. The Morgan fingerprint density at radius 2 is 2.10 bits per heavy atom. The zero-order valence-corrected chi connectivity index (χ0v) is 10.3. The number of rotatable bonds is 6. The highest BCUT2D eigenvalue weighted by Crippen LogP contribution is 2.24. The number of nitrogens with one attached hydrogen (secondary N) is 2. The maximum atomic E-state index is 11.7. The maximum Gasteiger partial charge on any atom is 0.404 e. The second-order valence-electron chi connectivity index (χ2n) is 3.56. The van der Waals surface area contributed by atoms with Crippen molar-refractivity contribution in [3.63, 3.8) is 0 Å². The van der Waals surface area contributed by atoms with E-state index in [9.17, 15) is 19.7 Å². The van der Waals surface area contributed by atoms with E-state index in [-0.39, 0.29) is 30.1 Å². The molecule has 20 heavy (non-hydrogen) atoms. The van der Waals surface area contributed by atoms with Crippen molar-refractivity contribution in [3.05, 3.63) is 33.9 Å². The summed E-state index contributed by atoms with van der Waals surface area (Å²) in [7, 11) is 0. The standard InChI is InChI=1S/C10H13N5O5/c11-10(17)20-4-3-13-9(16)6-1-2-7(14-12)8(5-6)15(18)19/h1-2,5,14H,3-4,12H2,(H2,11,17)(H,13,16). The lowest BCUT2D eigenvalue weighted by Gasteiger charge is -2.07. The number of nitrogens with zero attached hydrogens (tertiary/aromatic N) is 1. The van der Waals surface area contributed by atoms with Crippen molar-refractivity contribution in [1.29, 1.82) is 0 Å². The third-order valence-corrected chi connectivity index (χ3v) is 2.24. The van der Waals surface area contributed by atoms with Crippen molar-refractivity contribution in [1.82, 2.24) is 5.32 Å². The lowest BCUT2D eigenvalue weighted by Crippen LogP contribution is -2.29. The molecule has 10 heteroatoms. The third-order valence-electron chi connectivity index (χ3n) is 2.24. The number of hydrogen-bond acceptors (Lipinski definition) is 7. The molecule has 10 nitrogen and oxygen atoms in total. The number of hydrogen-bond donors (Lipinski definition) is 4. The minimum atomic E-state index is -0.951. The molecule has 0 unspecified atom stereocenters. The van der Waals surface area contributed by atoms with Gasteiger partial charge in [-0.05, 0) is 12.1 Å². The van der Waals surface area contributed by atoms with Crippen LogP contribution < -0.4 is 22.3 Å². The topological polar surface area (TPSA) is 163 Å². The number of nitrogens with two attached hydrogens (primary N) is 2. The molecule has 6 N–H and O–H groups in total. The Kier molecular flexibility index (Phi) is 5.23. The number of carbonyl (C=O) groups is 2. The third kappa shape index (κ3) is 4.10. The number of nitrogen functional groups attached to an aromatic ring is 1. The molecule has 108 valence electrons. The number of nitro benzene ring substituents is 1. The average molecular weight is 283 g/mol. The van der Waals surface area contributed by atoms with Gasteiger partial charge in [-0.25, -0.2) is 4.79 Å². The van der Waals surface area contributed by atoms with Crippen molar-refractivity contribution < 1.29 is 19.2 Å². The first-order valence-electron chi connectivity index (χ1n) is 5.41. The van der Waals surface area contributed by atoms with Crippen LogP contribution in [-0.2, 0) is 4.74 Å². The lowest BCUT2D eigenvalue weighted by atomic mass is 10.1. The Bertz CT molecular complexity index is 533. The molecule has 0 aromatic heterocycles. The van der Waals surface area contributed by atoms with E-state index in [1.54, 1.807) is 0 Å². The Morgan fingerprint density at radius 3 is 2.65 bits per heavy atom. The number of nitro groups is 1. The summed E-state index contributed by atoms with van der Waals surface area (Å²) in [4.78, 5) is 32.1. The number of anilines is 1. The molecule has 0 saturated carbocycles. The molecule has 2 amide bonds. The number of carbonyl (C=O) groups excluding carboxylic acids is 2. The van der Waals surface area contributed by atoms with Crippen molar-refractivity contribution in [2.24, 2.45) is 11.6 Å². The highest BCUT2D eigenvalue weighted by Gasteiger charge is 2.16. The predicted molar refractivity (Wildman–Crippen MR) is 68.8 cm³/mol. The highest BCUT2D eigenvalue weighted by molar-refractivity contribution is 5.95. The van der Waals surface area contributed by atoms with Crippen LogP contribution in [0, 0.1) is 10.1 Å². The van der Waals surface area contributed by atoms with E-state index in [4.69, 9.17) is 11.6 Å². The molecule has 1 aromatic rings. The van der Waals surface area contributed by atoms with Gasteiger partial charge in [0.05, 0.1) is 11.5 Å². The first kappa shape index (κ1) is 15.2. The number of amides is 2. The number of primary amides is 1. The van der Waals surface area contributed by atoms with Crippen LogP contribution >= 0.6 is 0 Å². The fraction of sp³-hybridized carbons (Fsp3) is 0.200. The largest absolute Gasteiger partial charge is 0.448 e. The van der Waals surface area contributed by atoms with Crippen LogP contribution in [0.15, 0.2) is 18.2 Å². The Morgan fingerprint density at radius 1 is 1.40 bits per heavy atom. The van der Waals surface area contributed by atoms with Crippen molar-refractivity contribution in [2.75, 3.05) is 18.6 Å². The second-order valence-corrected chi connectivity index (χ2v) is 3.56. The van der Waals surface area contributed by atoms with Crippen LogP contribution in [0.25, 0.3) is 0 Å². The van der Waals surface area contributed by atoms with Gasteiger partial charge in [0, 0.05) is 11.6 Å². The van der Waals surface area contributed by atoms with Crippen LogP contribution in [0.4, 0.5) is 16.2 Å². The summed E-state index contributed by atoms with van der Waals surface area (Å²) in [6.45, 7) is -0.0575. The van der Waals surface area contributed by atoms with Crippen LogP contribution in [0.2, 0.25) is 0 Å². The molecule has 0 aliphatic rings. The van der Waals surface area contributed by atoms with Gasteiger partial charge in [-0.15, -0.1) is 0 Å². The van der Waals surface area contributed by atoms with Crippen LogP contribution in [0.1, 0.15) is 10.4 Å². The van der Waals surface area contributed by atoms with Gasteiger partial charge >= 0.3 is 6.09 Å². The SMILES string of the molecule is NNc1ccc(C(=O)NCCOC(N)=O)cc1[N+](=O)[O-]. The molecule has 0 atom stereocenters. The molecule has 0 fully saturated rings. The molecule has 0 bridgehead atoms. The van der Waals surface area contributed by atoms with Gasteiger partial charge in [-0.2, -0.15) is 0 Å². The smallest absolute Gasteiger partial charge is 0.404 e. The summed E-state index contributed by atoms with van der Waals surface area (Å²) < 4.78 is 4.42. The normalized spacial score (nSPS) is 9.65. The van der Waals surface area contributed by atoms with E-state index in [1.165, 1.54) is 12.1 Å². The van der Waals surface area contributed by atoms with Crippen molar-refractivity contribution >= 4 is 23.4 Å². The van der Waals surface area contributed by atoms with Crippen molar-refractivity contribution in [3.8, 4) is 0 Å². The fourth-order valence-electron chi connectivity index (χ4n) is 1.36. The van der Waals surface area contributed by atoms with Gasteiger partial charge in [0.15, 0.2) is 0 Å². The van der Waals surface area contributed by atoms with Crippen LogP contribution in [0.3, 0.4) is 0 Å². The zero-order valence-electron chi connectivity index (χ0n) is 10.3. The number of ether oxygens (including phenoxy) is 1. The summed E-state index contributed by atoms with van der Waals surface area (Å²) in [5.41, 5.74) is 6.74. The van der Waals surface area contributed by atoms with Gasteiger partial charge in [0.2, 0.25) is 0 Å². The van der Waals surface area contributed by atoms with Gasteiger partial charge in [0.25, 0.3) is 11.6 Å². The zero-order chi connectivity index (χ0) is 15.1. The first-order chi connectivity index (χ1) is 9.45. The minimum absolute atomic E-state index is 0.0342. The average Bonchev–Trinajstić information content (AvgIpc) is 2.42. The van der Waals surface area contributed by atoms with Crippen molar-refractivity contribution in [2.45, 2.75) is 0 Å². The van der Waals surface area contributed by atoms with E-state index >= 15 is 0 Å². The van der Waals surface area contributed by atoms with E-state index in [2.05, 4.69) is 15.5 Å². The summed E-state index contributed by atoms with van der Waals surface area (Å²) in [6, 6.07) is 3.76. The molecular weight excluding hydrogens is 270 g/mol. The molecule has 0 aliphatic carbocycles. The summed E-state index contributed by atoms with van der Waals surface area (Å²) in [5.74, 6) is 4.57. The Labute approximate surface area is 113 Å². The van der Waals surface area contributed by atoms with Gasteiger partial charge in [-0.1, -0.05) is 0 Å². The molecule has 0 spiro atoms. The molecular formula is C10H13N5O5. The Balaban J connectivity index is 2.71. The molecule has 0 radical (unpaired) electrons. The van der Waals surface area contributed by atoms with Gasteiger partial charge in [-0.3, -0.25) is 20.8 Å². The molecule has 0 heterocycles. The van der Waals surface area contributed by atoms with E-state index in [0.29, 0.717) is 0 Å². The molecule has 0 saturated heterocycles. The maximum absolute atomic E-state index is 11.7. The second kappa shape index (κ2) is 6.89. The quantitative estimate of drug-likeness (QED) is 0.241. The van der Waals surface area contributed by atoms with Crippen LogP contribution in [0.5, 0.6) is 0 Å². The van der Waals surface area contributed by atoms with E-state index in [0.717, 1.165) is 6.07 Å². The van der Waals surface area contributed by atoms with Gasteiger partial charge < -0.3 is 21.2 Å². The molecule has 0 aliphatic heterocycles. The molecule has 1 aromatic carbocycles. The monoisotopic (exact) mass is 283 g/mol. The van der Waals surface area contributed by atoms with E-state index < -0.39 is 16.9 Å². The van der Waals surface area contributed by atoms with Gasteiger partial charge in [0.1, 0.15) is 12.3 Å². The molecule has 1 rings (SSSR count). The van der Waals surface area contributed by atoms with E-state index in [1.807, 2.05) is 0 Å². The summed E-state index contributed by atoms with van der Waals surface area (Å²) >= 11 is 0. The number of benzene rings is 1. The summed E-state index contributed by atoms with van der Waals surface area (Å²) in [6.07, 6.45) is -0.951.